The van der Waals surface area contributed by atoms with Gasteiger partial charge in [-0.05, 0) is 48.0 Å². The number of hydrogen-bond acceptors (Lipinski definition) is 4. The number of aromatic nitrogens is 2. The van der Waals surface area contributed by atoms with Gasteiger partial charge < -0.3 is 10.6 Å². The Labute approximate surface area is 155 Å². The molecule has 0 aliphatic heterocycles. The molecule has 1 amide bonds. The van der Waals surface area contributed by atoms with Crippen molar-refractivity contribution in [3.8, 4) is 0 Å². The van der Waals surface area contributed by atoms with Crippen molar-refractivity contribution in [1.82, 2.24) is 9.97 Å². The van der Waals surface area contributed by atoms with Gasteiger partial charge in [-0.1, -0.05) is 23.2 Å². The first-order valence-corrected chi connectivity index (χ1v) is 8.22. The summed E-state index contributed by atoms with van der Waals surface area (Å²) in [7, 11) is 0. The normalized spacial score (nSPS) is 10.3. The number of hydrogen-bond donors (Lipinski definition) is 2. The summed E-state index contributed by atoms with van der Waals surface area (Å²) in [5.41, 5.74) is 2.12. The van der Waals surface area contributed by atoms with Crippen molar-refractivity contribution in [2.75, 3.05) is 10.6 Å². The highest BCUT2D eigenvalue weighted by atomic mass is 35.5. The molecule has 3 rings (SSSR count). The first-order valence-electron chi connectivity index (χ1n) is 7.47. The van der Waals surface area contributed by atoms with Gasteiger partial charge in [0.1, 0.15) is 5.82 Å². The quantitative estimate of drug-likeness (QED) is 0.683. The Bertz CT molecular complexity index is 870. The summed E-state index contributed by atoms with van der Waals surface area (Å²) >= 11 is 11.8. The molecule has 0 radical (unpaired) electrons. The van der Waals surface area contributed by atoms with Gasteiger partial charge in [0.15, 0.2) is 0 Å². The zero-order valence-electron chi connectivity index (χ0n) is 13.0. The molecule has 0 bridgehead atoms. The summed E-state index contributed by atoms with van der Waals surface area (Å²) in [6.45, 7) is 0.643. The number of amides is 1. The van der Waals surface area contributed by atoms with Gasteiger partial charge in [0.25, 0.3) is 5.91 Å². The molecule has 25 heavy (non-hydrogen) atoms. The fraction of sp³-hybridized carbons (Fsp3) is 0.0556. The number of carbonyl (C=O) groups excluding carboxylic acids is 1. The van der Waals surface area contributed by atoms with Gasteiger partial charge in [-0.15, -0.1) is 0 Å². The van der Waals surface area contributed by atoms with Crippen molar-refractivity contribution >= 4 is 40.6 Å². The van der Waals surface area contributed by atoms with E-state index in [1.54, 1.807) is 42.9 Å². The van der Waals surface area contributed by atoms with Crippen LogP contribution in [0.15, 0.2) is 61.1 Å². The average molecular weight is 373 g/mol. The molecule has 0 saturated carbocycles. The zero-order valence-corrected chi connectivity index (χ0v) is 14.6. The summed E-state index contributed by atoms with van der Waals surface area (Å²) in [6, 6.07) is 12.2. The minimum Gasteiger partial charge on any atom is -0.366 e. The van der Waals surface area contributed by atoms with E-state index in [1.807, 2.05) is 12.1 Å². The van der Waals surface area contributed by atoms with Gasteiger partial charge in [0.05, 0.1) is 21.9 Å². The molecule has 5 nitrogen and oxygen atoms in total. The number of carbonyl (C=O) groups is 1. The lowest BCUT2D eigenvalue weighted by Gasteiger charge is -2.08. The lowest BCUT2D eigenvalue weighted by molar-refractivity contribution is 0.102. The molecular formula is C18H14Cl2N4O. The van der Waals surface area contributed by atoms with E-state index >= 15 is 0 Å². The molecule has 2 heterocycles. The van der Waals surface area contributed by atoms with Crippen LogP contribution in [0.3, 0.4) is 0 Å². The van der Waals surface area contributed by atoms with Crippen LogP contribution in [0.4, 0.5) is 11.5 Å². The van der Waals surface area contributed by atoms with Crippen molar-refractivity contribution in [2.45, 2.75) is 6.54 Å². The Kier molecular flexibility index (Phi) is 5.48. The average Bonchev–Trinajstić information content (AvgIpc) is 2.64. The SMILES string of the molecule is O=C(Nc1ccc(NCc2ccncc2)nc1)c1ccc(Cl)c(Cl)c1. The fourth-order valence-corrected chi connectivity index (χ4v) is 2.40. The van der Waals surface area contributed by atoms with Gasteiger partial charge >= 0.3 is 0 Å². The van der Waals surface area contributed by atoms with Gasteiger partial charge in [0.2, 0.25) is 0 Å². The second-order valence-corrected chi connectivity index (χ2v) is 6.04. The molecule has 2 N–H and O–H groups in total. The number of anilines is 2. The molecule has 0 aliphatic carbocycles. The van der Waals surface area contributed by atoms with E-state index in [0.717, 1.165) is 5.56 Å². The summed E-state index contributed by atoms with van der Waals surface area (Å²) < 4.78 is 0. The van der Waals surface area contributed by atoms with Crippen LogP contribution in [0.1, 0.15) is 15.9 Å². The summed E-state index contributed by atoms with van der Waals surface area (Å²) in [5.74, 6) is 0.433. The fourth-order valence-electron chi connectivity index (χ4n) is 2.11. The highest BCUT2D eigenvalue weighted by Crippen LogP contribution is 2.23. The maximum absolute atomic E-state index is 12.2. The highest BCUT2D eigenvalue weighted by Gasteiger charge is 2.08. The highest BCUT2D eigenvalue weighted by molar-refractivity contribution is 6.42. The van der Waals surface area contributed by atoms with E-state index in [-0.39, 0.29) is 5.91 Å². The van der Waals surface area contributed by atoms with Crippen molar-refractivity contribution < 1.29 is 4.79 Å². The molecule has 0 unspecified atom stereocenters. The molecule has 0 aliphatic rings. The molecule has 0 saturated heterocycles. The molecule has 126 valence electrons. The van der Waals surface area contributed by atoms with Crippen LogP contribution in [-0.2, 0) is 6.54 Å². The van der Waals surface area contributed by atoms with Crippen molar-refractivity contribution in [1.29, 1.82) is 0 Å². The smallest absolute Gasteiger partial charge is 0.255 e. The van der Waals surface area contributed by atoms with Crippen LogP contribution >= 0.6 is 23.2 Å². The van der Waals surface area contributed by atoms with Gasteiger partial charge in [-0.25, -0.2) is 4.98 Å². The zero-order chi connectivity index (χ0) is 17.6. The molecule has 2 aromatic heterocycles. The van der Waals surface area contributed by atoms with Crippen molar-refractivity contribution in [2.24, 2.45) is 0 Å². The Morgan fingerprint density at radius 2 is 1.80 bits per heavy atom. The Balaban J connectivity index is 1.60. The second kappa shape index (κ2) is 7.96. The summed E-state index contributed by atoms with van der Waals surface area (Å²) in [4.78, 5) is 20.5. The van der Waals surface area contributed by atoms with Crippen molar-refractivity contribution in [3.63, 3.8) is 0 Å². The van der Waals surface area contributed by atoms with E-state index in [0.29, 0.717) is 33.7 Å². The molecular weight excluding hydrogens is 359 g/mol. The Morgan fingerprint density at radius 3 is 2.48 bits per heavy atom. The van der Waals surface area contributed by atoms with Crippen LogP contribution < -0.4 is 10.6 Å². The molecule has 1 aromatic carbocycles. The summed E-state index contributed by atoms with van der Waals surface area (Å²) in [5, 5.41) is 6.71. The Morgan fingerprint density at radius 1 is 1.00 bits per heavy atom. The number of pyridine rings is 2. The maximum Gasteiger partial charge on any atom is 0.255 e. The van der Waals surface area contributed by atoms with E-state index in [2.05, 4.69) is 20.6 Å². The minimum absolute atomic E-state index is 0.280. The topological polar surface area (TPSA) is 66.9 Å². The molecule has 0 atom stereocenters. The number of halogens is 2. The maximum atomic E-state index is 12.2. The monoisotopic (exact) mass is 372 g/mol. The van der Waals surface area contributed by atoms with E-state index in [1.165, 1.54) is 6.07 Å². The first-order chi connectivity index (χ1) is 12.1. The van der Waals surface area contributed by atoms with Gasteiger partial charge in [0, 0.05) is 24.5 Å². The number of nitrogens with zero attached hydrogens (tertiary/aromatic N) is 2. The Hall–Kier alpha value is -2.63. The van der Waals surface area contributed by atoms with Crippen LogP contribution in [0.2, 0.25) is 10.0 Å². The van der Waals surface area contributed by atoms with Gasteiger partial charge in [-0.3, -0.25) is 9.78 Å². The third-order valence-electron chi connectivity index (χ3n) is 3.43. The van der Waals surface area contributed by atoms with Gasteiger partial charge in [-0.2, -0.15) is 0 Å². The molecule has 0 spiro atoms. The molecule has 3 aromatic rings. The molecule has 7 heteroatoms. The first kappa shape index (κ1) is 17.2. The number of nitrogens with one attached hydrogen (secondary N) is 2. The van der Waals surface area contributed by atoms with E-state index < -0.39 is 0 Å². The standard InChI is InChI=1S/C18H14Cl2N4O/c19-15-3-1-13(9-16(15)20)18(25)24-14-2-4-17(23-11-14)22-10-12-5-7-21-8-6-12/h1-9,11H,10H2,(H,22,23)(H,24,25). The molecule has 0 fully saturated rings. The minimum atomic E-state index is -0.280. The second-order valence-electron chi connectivity index (χ2n) is 5.22. The lowest BCUT2D eigenvalue weighted by Crippen LogP contribution is -2.12. The number of benzene rings is 1. The van der Waals surface area contributed by atoms with E-state index in [4.69, 9.17) is 23.2 Å². The van der Waals surface area contributed by atoms with Crippen LogP contribution in [0.5, 0.6) is 0 Å². The number of rotatable bonds is 5. The van der Waals surface area contributed by atoms with Crippen LogP contribution in [0, 0.1) is 0 Å². The summed E-state index contributed by atoms with van der Waals surface area (Å²) in [6.07, 6.45) is 5.07. The lowest BCUT2D eigenvalue weighted by atomic mass is 10.2. The largest absolute Gasteiger partial charge is 0.366 e. The predicted molar refractivity (Wildman–Crippen MR) is 100 cm³/mol. The van der Waals surface area contributed by atoms with Crippen LogP contribution in [0.25, 0.3) is 0 Å². The third kappa shape index (κ3) is 4.68. The van der Waals surface area contributed by atoms with E-state index in [9.17, 15) is 4.79 Å². The predicted octanol–water partition coefficient (Wildman–Crippen LogP) is 4.65. The third-order valence-corrected chi connectivity index (χ3v) is 4.17. The van der Waals surface area contributed by atoms with Crippen LogP contribution in [-0.4, -0.2) is 15.9 Å². The van der Waals surface area contributed by atoms with Crippen molar-refractivity contribution in [3.05, 3.63) is 82.2 Å².